The third kappa shape index (κ3) is 4.62. The van der Waals surface area contributed by atoms with E-state index in [1.165, 1.54) is 0 Å². The molecule has 0 aliphatic carbocycles. The fourth-order valence-electron chi connectivity index (χ4n) is 2.15. The van der Waals surface area contributed by atoms with Crippen LogP contribution >= 0.6 is 0 Å². The zero-order valence-corrected chi connectivity index (χ0v) is 14.2. The van der Waals surface area contributed by atoms with Gasteiger partial charge >= 0.3 is 0 Å². The van der Waals surface area contributed by atoms with Crippen LogP contribution in [-0.4, -0.2) is 26.6 Å². The molecule has 126 valence electrons. The summed E-state index contributed by atoms with van der Waals surface area (Å²) in [5.74, 6) is 2.02. The number of carbonyl (C=O) groups is 1. The summed E-state index contributed by atoms with van der Waals surface area (Å²) >= 11 is 0. The van der Waals surface area contributed by atoms with Crippen LogP contribution in [-0.2, 0) is 0 Å². The third-order valence-corrected chi connectivity index (χ3v) is 3.45. The van der Waals surface area contributed by atoms with E-state index in [1.54, 1.807) is 50.6 Å². The fraction of sp³-hybridized carbons (Fsp3) is 0.250. The zero-order chi connectivity index (χ0) is 17.4. The molecule has 0 radical (unpaired) electrons. The molecule has 0 aliphatic heterocycles. The second-order valence-electron chi connectivity index (χ2n) is 5.18. The molecule has 0 unspecified atom stereocenters. The monoisotopic (exact) mass is 326 g/mol. The van der Waals surface area contributed by atoms with E-state index in [0.29, 0.717) is 23.7 Å². The quantitative estimate of drug-likeness (QED) is 0.533. The molecule has 0 atom stereocenters. The van der Waals surface area contributed by atoms with Gasteiger partial charge in [-0.25, -0.2) is 0 Å². The number of benzene rings is 2. The lowest BCUT2D eigenvalue weighted by molar-refractivity contribution is 0.104. The van der Waals surface area contributed by atoms with Crippen molar-refractivity contribution in [1.82, 2.24) is 0 Å². The predicted molar refractivity (Wildman–Crippen MR) is 95.1 cm³/mol. The molecule has 0 saturated carbocycles. The Bertz CT molecular complexity index is 702. The van der Waals surface area contributed by atoms with Crippen molar-refractivity contribution in [2.45, 2.75) is 13.3 Å². The second-order valence-corrected chi connectivity index (χ2v) is 5.18. The lowest BCUT2D eigenvalue weighted by atomic mass is 10.1. The Balaban J connectivity index is 2.13. The fourth-order valence-corrected chi connectivity index (χ4v) is 2.15. The molecule has 2 aromatic rings. The van der Waals surface area contributed by atoms with E-state index in [9.17, 15) is 4.79 Å². The highest BCUT2D eigenvalue weighted by molar-refractivity contribution is 6.06. The molecule has 4 nitrogen and oxygen atoms in total. The molecule has 0 heterocycles. The lowest BCUT2D eigenvalue weighted by Gasteiger charge is -2.10. The molecule has 4 heteroatoms. The molecular weight excluding hydrogens is 304 g/mol. The number of ketones is 1. The van der Waals surface area contributed by atoms with Gasteiger partial charge in [0, 0.05) is 5.56 Å². The van der Waals surface area contributed by atoms with Crippen LogP contribution < -0.4 is 14.2 Å². The summed E-state index contributed by atoms with van der Waals surface area (Å²) < 4.78 is 16.1. The first-order chi connectivity index (χ1) is 11.7. The van der Waals surface area contributed by atoms with E-state index < -0.39 is 0 Å². The maximum absolute atomic E-state index is 12.2. The van der Waals surface area contributed by atoms with Gasteiger partial charge in [0.1, 0.15) is 5.75 Å². The van der Waals surface area contributed by atoms with Gasteiger partial charge in [0.2, 0.25) is 0 Å². The van der Waals surface area contributed by atoms with Gasteiger partial charge in [0.25, 0.3) is 0 Å². The van der Waals surface area contributed by atoms with Gasteiger partial charge in [0.05, 0.1) is 20.8 Å². The molecule has 24 heavy (non-hydrogen) atoms. The smallest absolute Gasteiger partial charge is 0.185 e. The van der Waals surface area contributed by atoms with Crippen LogP contribution in [0.15, 0.2) is 48.5 Å². The molecule has 0 aromatic heterocycles. The van der Waals surface area contributed by atoms with Gasteiger partial charge in [-0.2, -0.15) is 0 Å². The Morgan fingerprint density at radius 2 is 1.75 bits per heavy atom. The summed E-state index contributed by atoms with van der Waals surface area (Å²) in [5, 5.41) is 0. The van der Waals surface area contributed by atoms with Gasteiger partial charge in [-0.1, -0.05) is 19.1 Å². The number of hydrogen-bond acceptors (Lipinski definition) is 4. The SMILES string of the molecule is CCCOc1cc(/C=C/C(=O)c2ccc(OC)cc2)ccc1OC. The van der Waals surface area contributed by atoms with Crippen molar-refractivity contribution < 1.29 is 19.0 Å². The number of allylic oxidation sites excluding steroid dienone is 1. The van der Waals surface area contributed by atoms with Crippen LogP contribution in [0.1, 0.15) is 29.3 Å². The number of carbonyl (C=O) groups excluding carboxylic acids is 1. The summed E-state index contributed by atoms with van der Waals surface area (Å²) in [6, 6.07) is 12.6. The van der Waals surface area contributed by atoms with E-state index in [2.05, 4.69) is 0 Å². The molecule has 2 aromatic carbocycles. The Kier molecular flexibility index (Phi) is 6.43. The van der Waals surface area contributed by atoms with E-state index in [-0.39, 0.29) is 5.78 Å². The van der Waals surface area contributed by atoms with Gasteiger partial charge in [-0.05, 0) is 54.5 Å². The normalized spacial score (nSPS) is 10.6. The summed E-state index contributed by atoms with van der Waals surface area (Å²) in [5.41, 5.74) is 1.49. The van der Waals surface area contributed by atoms with Crippen molar-refractivity contribution in [2.75, 3.05) is 20.8 Å². The van der Waals surface area contributed by atoms with Crippen LogP contribution in [0.3, 0.4) is 0 Å². The molecule has 0 N–H and O–H groups in total. The maximum Gasteiger partial charge on any atom is 0.185 e. The highest BCUT2D eigenvalue weighted by Gasteiger charge is 2.06. The van der Waals surface area contributed by atoms with E-state index >= 15 is 0 Å². The van der Waals surface area contributed by atoms with Crippen LogP contribution in [0.4, 0.5) is 0 Å². The van der Waals surface area contributed by atoms with Gasteiger partial charge in [0.15, 0.2) is 17.3 Å². The van der Waals surface area contributed by atoms with Crippen LogP contribution in [0.25, 0.3) is 6.08 Å². The summed E-state index contributed by atoms with van der Waals surface area (Å²) in [7, 11) is 3.20. The van der Waals surface area contributed by atoms with E-state index in [4.69, 9.17) is 14.2 Å². The summed E-state index contributed by atoms with van der Waals surface area (Å²) in [6.45, 7) is 2.66. The first-order valence-corrected chi connectivity index (χ1v) is 7.85. The summed E-state index contributed by atoms with van der Waals surface area (Å²) in [6.07, 6.45) is 4.23. The molecule has 0 saturated heterocycles. The Morgan fingerprint density at radius 1 is 1.00 bits per heavy atom. The largest absolute Gasteiger partial charge is 0.497 e. The summed E-state index contributed by atoms with van der Waals surface area (Å²) in [4.78, 5) is 12.2. The standard InChI is InChI=1S/C20H22O4/c1-4-13-24-20-14-15(6-12-19(20)23-3)5-11-18(21)16-7-9-17(22-2)10-8-16/h5-12,14H,4,13H2,1-3H3/b11-5+. The van der Waals surface area contributed by atoms with E-state index in [1.807, 2.05) is 25.1 Å². The van der Waals surface area contributed by atoms with Crippen molar-refractivity contribution in [1.29, 1.82) is 0 Å². The number of hydrogen-bond donors (Lipinski definition) is 0. The topological polar surface area (TPSA) is 44.8 Å². The minimum atomic E-state index is -0.0653. The highest BCUT2D eigenvalue weighted by Crippen LogP contribution is 2.28. The van der Waals surface area contributed by atoms with Crippen LogP contribution in [0, 0.1) is 0 Å². The molecule has 0 amide bonds. The highest BCUT2D eigenvalue weighted by atomic mass is 16.5. The minimum absolute atomic E-state index is 0.0653. The Labute approximate surface area is 142 Å². The Morgan fingerprint density at radius 3 is 2.38 bits per heavy atom. The van der Waals surface area contributed by atoms with Crippen molar-refractivity contribution >= 4 is 11.9 Å². The molecule has 0 aliphatic rings. The average molecular weight is 326 g/mol. The van der Waals surface area contributed by atoms with Crippen molar-refractivity contribution in [2.24, 2.45) is 0 Å². The zero-order valence-electron chi connectivity index (χ0n) is 14.2. The van der Waals surface area contributed by atoms with Gasteiger partial charge < -0.3 is 14.2 Å². The minimum Gasteiger partial charge on any atom is -0.497 e. The molecule has 2 rings (SSSR count). The third-order valence-electron chi connectivity index (χ3n) is 3.45. The van der Waals surface area contributed by atoms with Crippen molar-refractivity contribution in [3.8, 4) is 17.2 Å². The van der Waals surface area contributed by atoms with Crippen molar-refractivity contribution in [3.63, 3.8) is 0 Å². The van der Waals surface area contributed by atoms with Gasteiger partial charge in [-0.15, -0.1) is 0 Å². The number of methoxy groups -OCH3 is 2. The first-order valence-electron chi connectivity index (χ1n) is 7.85. The average Bonchev–Trinajstić information content (AvgIpc) is 2.64. The van der Waals surface area contributed by atoms with Crippen LogP contribution in [0.2, 0.25) is 0 Å². The molecule has 0 bridgehead atoms. The Hall–Kier alpha value is -2.75. The molecular formula is C20H22O4. The maximum atomic E-state index is 12.2. The second kappa shape index (κ2) is 8.77. The molecule has 0 spiro atoms. The predicted octanol–water partition coefficient (Wildman–Crippen LogP) is 4.39. The molecule has 0 fully saturated rings. The van der Waals surface area contributed by atoms with E-state index in [0.717, 1.165) is 17.7 Å². The number of ether oxygens (including phenoxy) is 3. The van der Waals surface area contributed by atoms with Crippen LogP contribution in [0.5, 0.6) is 17.2 Å². The van der Waals surface area contributed by atoms with Gasteiger partial charge in [-0.3, -0.25) is 4.79 Å². The number of rotatable bonds is 8. The first kappa shape index (κ1) is 17.6. The van der Waals surface area contributed by atoms with Crippen molar-refractivity contribution in [3.05, 3.63) is 59.7 Å². The lowest BCUT2D eigenvalue weighted by Crippen LogP contribution is -1.98.